The molecule has 0 aromatic heterocycles. The van der Waals surface area contributed by atoms with E-state index in [0.717, 1.165) is 5.75 Å². The molecule has 0 spiro atoms. The van der Waals surface area contributed by atoms with E-state index >= 15 is 0 Å². The van der Waals surface area contributed by atoms with Gasteiger partial charge in [0.1, 0.15) is 0 Å². The van der Waals surface area contributed by atoms with Gasteiger partial charge in [0.25, 0.3) is 0 Å². The number of hydrogen-bond donors (Lipinski definition) is 0. The van der Waals surface area contributed by atoms with Gasteiger partial charge in [0.15, 0.2) is 11.0 Å². The first kappa shape index (κ1) is 8.59. The van der Waals surface area contributed by atoms with Crippen LogP contribution in [0.3, 0.4) is 0 Å². The van der Waals surface area contributed by atoms with Gasteiger partial charge in [0.05, 0.1) is 6.61 Å². The van der Waals surface area contributed by atoms with Gasteiger partial charge in [-0.15, -0.1) is 11.8 Å². The van der Waals surface area contributed by atoms with E-state index in [9.17, 15) is 9.59 Å². The van der Waals surface area contributed by atoms with Crippen LogP contribution in [0.4, 0.5) is 0 Å². The molecule has 3 nitrogen and oxygen atoms in total. The van der Waals surface area contributed by atoms with Crippen molar-refractivity contribution in [2.75, 3.05) is 12.4 Å². The van der Waals surface area contributed by atoms with Crippen molar-refractivity contribution in [3.8, 4) is 0 Å². The summed E-state index contributed by atoms with van der Waals surface area (Å²) in [5.74, 6) is 0.385. The third kappa shape index (κ3) is 1.96. The summed E-state index contributed by atoms with van der Waals surface area (Å²) in [4.78, 5) is 22.0. The van der Waals surface area contributed by atoms with Gasteiger partial charge in [-0.1, -0.05) is 0 Å². The molecule has 1 rings (SSSR count). The van der Waals surface area contributed by atoms with Gasteiger partial charge in [-0.05, 0) is 6.92 Å². The summed E-state index contributed by atoms with van der Waals surface area (Å²) in [6.07, 6.45) is 0.508. The molecule has 0 radical (unpaired) electrons. The second kappa shape index (κ2) is 3.76. The van der Waals surface area contributed by atoms with E-state index < -0.39 is 5.25 Å². The van der Waals surface area contributed by atoms with Crippen LogP contribution in [0.15, 0.2) is 0 Å². The Hall–Kier alpha value is -0.510. The van der Waals surface area contributed by atoms with E-state index in [0.29, 0.717) is 13.0 Å². The topological polar surface area (TPSA) is 43.4 Å². The molecule has 1 heterocycles. The molecule has 0 unspecified atom stereocenters. The summed E-state index contributed by atoms with van der Waals surface area (Å²) in [5.41, 5.74) is 0. The predicted molar refractivity (Wildman–Crippen MR) is 42.5 cm³/mol. The molecule has 0 aromatic rings. The number of esters is 1. The number of hydrogen-bond acceptors (Lipinski definition) is 4. The number of ketones is 1. The maximum atomic E-state index is 11.0. The average Bonchev–Trinajstić information content (AvgIpc) is 2.36. The quantitative estimate of drug-likeness (QED) is 0.455. The molecule has 1 aliphatic heterocycles. The zero-order valence-electron chi connectivity index (χ0n) is 6.33. The number of rotatable bonds is 2. The Morgan fingerprint density at radius 3 is 3.00 bits per heavy atom. The summed E-state index contributed by atoms with van der Waals surface area (Å²) >= 11 is 1.37. The minimum Gasteiger partial charge on any atom is -0.465 e. The molecule has 0 bridgehead atoms. The Kier molecular flexibility index (Phi) is 2.93. The normalized spacial score (nSPS) is 23.7. The van der Waals surface area contributed by atoms with Crippen molar-refractivity contribution in [2.24, 2.45) is 0 Å². The molecule has 4 heteroatoms. The smallest absolute Gasteiger partial charge is 0.326 e. The van der Waals surface area contributed by atoms with Crippen LogP contribution in [0, 0.1) is 0 Å². The highest BCUT2D eigenvalue weighted by Crippen LogP contribution is 2.23. The van der Waals surface area contributed by atoms with E-state index in [4.69, 9.17) is 4.74 Å². The second-order valence-corrected chi connectivity index (χ2v) is 3.43. The van der Waals surface area contributed by atoms with E-state index in [1.165, 1.54) is 11.8 Å². The summed E-state index contributed by atoms with van der Waals surface area (Å²) in [5, 5.41) is -0.532. The molecule has 62 valence electrons. The number of carbonyl (C=O) groups is 2. The Labute approximate surface area is 69.5 Å². The van der Waals surface area contributed by atoms with Crippen LogP contribution in [0.1, 0.15) is 13.3 Å². The fraction of sp³-hybridized carbons (Fsp3) is 0.714. The van der Waals surface area contributed by atoms with Gasteiger partial charge >= 0.3 is 5.97 Å². The predicted octanol–water partition coefficient (Wildman–Crippen LogP) is 0.624. The van der Waals surface area contributed by atoms with Crippen molar-refractivity contribution in [1.29, 1.82) is 0 Å². The molecular formula is C7H10O3S. The van der Waals surface area contributed by atoms with Gasteiger partial charge in [0, 0.05) is 12.2 Å². The number of carbonyl (C=O) groups excluding carboxylic acids is 2. The molecular weight excluding hydrogens is 164 g/mol. The highest BCUT2D eigenvalue weighted by molar-refractivity contribution is 8.01. The van der Waals surface area contributed by atoms with E-state index in [-0.39, 0.29) is 11.8 Å². The molecule has 11 heavy (non-hydrogen) atoms. The molecule has 0 saturated carbocycles. The monoisotopic (exact) mass is 174 g/mol. The van der Waals surface area contributed by atoms with Gasteiger partial charge in [-0.3, -0.25) is 9.59 Å². The molecule has 1 saturated heterocycles. The largest absolute Gasteiger partial charge is 0.465 e. The van der Waals surface area contributed by atoms with Crippen molar-refractivity contribution in [3.63, 3.8) is 0 Å². The highest BCUT2D eigenvalue weighted by Gasteiger charge is 2.32. The lowest BCUT2D eigenvalue weighted by molar-refractivity contribution is -0.144. The zero-order chi connectivity index (χ0) is 8.27. The van der Waals surface area contributed by atoms with Crippen molar-refractivity contribution >= 4 is 23.5 Å². The Bertz CT molecular complexity index is 179. The van der Waals surface area contributed by atoms with Crippen LogP contribution >= 0.6 is 11.8 Å². The Morgan fingerprint density at radius 2 is 2.55 bits per heavy atom. The van der Waals surface area contributed by atoms with Crippen LogP contribution in [0.25, 0.3) is 0 Å². The first-order chi connectivity index (χ1) is 5.25. The summed E-state index contributed by atoms with van der Waals surface area (Å²) in [7, 11) is 0. The fourth-order valence-corrected chi connectivity index (χ4v) is 1.98. The standard InChI is InChI=1S/C7H10O3S/c1-2-10-7(9)6-5(8)3-4-11-6/h6H,2-4H2,1H3/t6-/m1/s1. The second-order valence-electron chi connectivity index (χ2n) is 2.22. The zero-order valence-corrected chi connectivity index (χ0v) is 7.15. The molecule has 1 aliphatic rings. The Morgan fingerprint density at radius 1 is 1.82 bits per heavy atom. The van der Waals surface area contributed by atoms with E-state index in [1.54, 1.807) is 6.92 Å². The van der Waals surface area contributed by atoms with Gasteiger partial charge in [-0.2, -0.15) is 0 Å². The van der Waals surface area contributed by atoms with Crippen LogP contribution in [-0.2, 0) is 14.3 Å². The molecule has 1 fully saturated rings. The van der Waals surface area contributed by atoms with Gasteiger partial charge in [-0.25, -0.2) is 0 Å². The van der Waals surface area contributed by atoms with Crippen LogP contribution < -0.4 is 0 Å². The van der Waals surface area contributed by atoms with Crippen LogP contribution in [0.2, 0.25) is 0 Å². The minimum atomic E-state index is -0.532. The maximum absolute atomic E-state index is 11.0. The average molecular weight is 174 g/mol. The van der Waals surface area contributed by atoms with Crippen molar-refractivity contribution < 1.29 is 14.3 Å². The van der Waals surface area contributed by atoms with E-state index in [2.05, 4.69) is 0 Å². The van der Waals surface area contributed by atoms with Crippen molar-refractivity contribution in [1.82, 2.24) is 0 Å². The molecule has 1 atom stereocenters. The maximum Gasteiger partial charge on any atom is 0.326 e. The number of Topliss-reactive ketones (excluding diaryl/α,β-unsaturated/α-hetero) is 1. The molecule has 0 aromatic carbocycles. The van der Waals surface area contributed by atoms with Crippen molar-refractivity contribution in [2.45, 2.75) is 18.6 Å². The lowest BCUT2D eigenvalue weighted by Gasteiger charge is -2.04. The first-order valence-corrected chi connectivity index (χ1v) is 4.61. The SMILES string of the molecule is CCOC(=O)[C@@H]1SCCC1=O. The molecule has 0 N–H and O–H groups in total. The summed E-state index contributed by atoms with van der Waals surface area (Å²) in [6, 6.07) is 0. The first-order valence-electron chi connectivity index (χ1n) is 3.56. The Balaban J connectivity index is 2.46. The number of thioether (sulfide) groups is 1. The fourth-order valence-electron chi connectivity index (χ4n) is 0.919. The third-order valence-electron chi connectivity index (χ3n) is 1.43. The minimum absolute atomic E-state index is 0.00782. The summed E-state index contributed by atoms with van der Waals surface area (Å²) < 4.78 is 4.72. The number of ether oxygens (including phenoxy) is 1. The van der Waals surface area contributed by atoms with Gasteiger partial charge < -0.3 is 4.74 Å². The van der Waals surface area contributed by atoms with Crippen molar-refractivity contribution in [3.05, 3.63) is 0 Å². The lowest BCUT2D eigenvalue weighted by Crippen LogP contribution is -2.24. The third-order valence-corrected chi connectivity index (χ3v) is 2.65. The highest BCUT2D eigenvalue weighted by atomic mass is 32.2. The molecule has 0 aliphatic carbocycles. The molecule has 0 amide bonds. The van der Waals surface area contributed by atoms with Gasteiger partial charge in [0.2, 0.25) is 0 Å². The van der Waals surface area contributed by atoms with Crippen LogP contribution in [-0.4, -0.2) is 29.4 Å². The summed E-state index contributed by atoms with van der Waals surface area (Å²) in [6.45, 7) is 2.09. The van der Waals surface area contributed by atoms with Crippen LogP contribution in [0.5, 0.6) is 0 Å². The van der Waals surface area contributed by atoms with E-state index in [1.807, 2.05) is 0 Å². The lowest BCUT2D eigenvalue weighted by atomic mass is 10.2.